The fourth-order valence-corrected chi connectivity index (χ4v) is 6.92. The molecule has 4 heteroatoms. The second kappa shape index (κ2) is 11.0. The number of rotatable bonds is 5. The SMILES string of the molecule is Cc1nc(-c2ccc(-c3ccccc3)cc2)nc(-c2cccc(C3(c4ccc(Cl)cc4)c4ccccc4-c4ccccc43)c2)n1. The lowest BCUT2D eigenvalue weighted by molar-refractivity contribution is 0.768. The number of halogens is 1. The molecule has 45 heavy (non-hydrogen) atoms. The van der Waals surface area contributed by atoms with Gasteiger partial charge in [-0.2, -0.15) is 0 Å². The van der Waals surface area contributed by atoms with Crippen LogP contribution in [0.3, 0.4) is 0 Å². The highest BCUT2D eigenvalue weighted by Gasteiger charge is 2.46. The lowest BCUT2D eigenvalue weighted by Crippen LogP contribution is -2.28. The molecule has 214 valence electrons. The molecule has 0 bridgehead atoms. The Morgan fingerprint density at radius 3 is 1.64 bits per heavy atom. The molecule has 7 aromatic rings. The van der Waals surface area contributed by atoms with Gasteiger partial charge in [-0.25, -0.2) is 15.0 Å². The van der Waals surface area contributed by atoms with Crippen LogP contribution in [0.25, 0.3) is 45.0 Å². The zero-order valence-electron chi connectivity index (χ0n) is 24.7. The average molecular weight is 598 g/mol. The molecular formula is C41H28ClN3. The number of aromatic nitrogens is 3. The van der Waals surface area contributed by atoms with Crippen LogP contribution in [0.2, 0.25) is 5.02 Å². The molecule has 0 atom stereocenters. The molecule has 0 fully saturated rings. The molecule has 0 saturated heterocycles. The van der Waals surface area contributed by atoms with Crippen LogP contribution < -0.4 is 0 Å². The molecule has 8 rings (SSSR count). The highest BCUT2D eigenvalue weighted by Crippen LogP contribution is 2.56. The van der Waals surface area contributed by atoms with E-state index in [1.165, 1.54) is 27.8 Å². The second-order valence-electron chi connectivity index (χ2n) is 11.4. The van der Waals surface area contributed by atoms with E-state index in [2.05, 4.69) is 133 Å². The topological polar surface area (TPSA) is 38.7 Å². The van der Waals surface area contributed by atoms with Crippen LogP contribution in [-0.2, 0) is 5.41 Å². The third kappa shape index (κ3) is 4.56. The molecule has 1 heterocycles. The van der Waals surface area contributed by atoms with Crippen LogP contribution in [0.1, 0.15) is 28.1 Å². The van der Waals surface area contributed by atoms with E-state index in [0.717, 1.165) is 27.8 Å². The summed E-state index contributed by atoms with van der Waals surface area (Å²) in [4.78, 5) is 14.5. The maximum atomic E-state index is 6.41. The van der Waals surface area contributed by atoms with Crippen molar-refractivity contribution in [2.45, 2.75) is 12.3 Å². The fourth-order valence-electron chi connectivity index (χ4n) is 6.80. The predicted octanol–water partition coefficient (Wildman–Crippen LogP) is 10.2. The molecule has 1 aliphatic carbocycles. The molecule has 0 saturated carbocycles. The van der Waals surface area contributed by atoms with Gasteiger partial charge in [0, 0.05) is 16.1 Å². The normalized spacial score (nSPS) is 12.8. The van der Waals surface area contributed by atoms with Crippen LogP contribution in [0, 0.1) is 6.92 Å². The van der Waals surface area contributed by atoms with E-state index in [1.807, 2.05) is 25.1 Å². The molecule has 0 spiro atoms. The van der Waals surface area contributed by atoms with Crippen molar-refractivity contribution >= 4 is 11.6 Å². The van der Waals surface area contributed by atoms with Crippen LogP contribution in [0.4, 0.5) is 0 Å². The molecule has 1 aliphatic rings. The van der Waals surface area contributed by atoms with Gasteiger partial charge in [-0.3, -0.25) is 0 Å². The Bertz CT molecular complexity index is 2130. The van der Waals surface area contributed by atoms with E-state index in [1.54, 1.807) is 0 Å². The summed E-state index contributed by atoms with van der Waals surface area (Å²) in [6.07, 6.45) is 0. The first kappa shape index (κ1) is 27.2. The van der Waals surface area contributed by atoms with E-state index in [9.17, 15) is 0 Å². The quantitative estimate of drug-likeness (QED) is 0.198. The summed E-state index contributed by atoms with van der Waals surface area (Å²) in [6.45, 7) is 1.93. The van der Waals surface area contributed by atoms with Crippen molar-refractivity contribution in [3.8, 4) is 45.0 Å². The fraction of sp³-hybridized carbons (Fsp3) is 0.0488. The summed E-state index contributed by atoms with van der Waals surface area (Å²) < 4.78 is 0. The lowest BCUT2D eigenvalue weighted by Gasteiger charge is -2.34. The van der Waals surface area contributed by atoms with Gasteiger partial charge >= 0.3 is 0 Å². The Balaban J connectivity index is 1.28. The monoisotopic (exact) mass is 597 g/mol. The minimum atomic E-state index is -0.536. The first-order valence-corrected chi connectivity index (χ1v) is 15.4. The molecule has 0 aliphatic heterocycles. The van der Waals surface area contributed by atoms with Crippen LogP contribution >= 0.6 is 11.6 Å². The Morgan fingerprint density at radius 2 is 0.978 bits per heavy atom. The first-order valence-electron chi connectivity index (χ1n) is 15.1. The van der Waals surface area contributed by atoms with Crippen molar-refractivity contribution in [1.29, 1.82) is 0 Å². The number of fused-ring (bicyclic) bond motifs is 3. The van der Waals surface area contributed by atoms with E-state index in [4.69, 9.17) is 26.6 Å². The highest BCUT2D eigenvalue weighted by molar-refractivity contribution is 6.30. The molecule has 1 aromatic heterocycles. The van der Waals surface area contributed by atoms with Gasteiger partial charge < -0.3 is 0 Å². The van der Waals surface area contributed by atoms with E-state index in [0.29, 0.717) is 22.5 Å². The van der Waals surface area contributed by atoms with Gasteiger partial charge in [0.05, 0.1) is 5.41 Å². The smallest absolute Gasteiger partial charge is 0.163 e. The summed E-state index contributed by atoms with van der Waals surface area (Å²) >= 11 is 6.41. The Labute approximate surface area is 267 Å². The third-order valence-electron chi connectivity index (χ3n) is 8.78. The van der Waals surface area contributed by atoms with Crippen molar-refractivity contribution in [2.24, 2.45) is 0 Å². The van der Waals surface area contributed by atoms with Crippen molar-refractivity contribution in [2.75, 3.05) is 0 Å². The Kier molecular flexibility index (Phi) is 6.62. The molecular weight excluding hydrogens is 570 g/mol. The van der Waals surface area contributed by atoms with Crippen LogP contribution in [0.15, 0.2) is 152 Å². The van der Waals surface area contributed by atoms with Gasteiger partial charge in [-0.1, -0.05) is 145 Å². The second-order valence-corrected chi connectivity index (χ2v) is 11.8. The minimum absolute atomic E-state index is 0.536. The number of hydrogen-bond donors (Lipinski definition) is 0. The molecule has 0 unspecified atom stereocenters. The lowest BCUT2D eigenvalue weighted by atomic mass is 9.67. The van der Waals surface area contributed by atoms with E-state index < -0.39 is 5.41 Å². The Morgan fingerprint density at radius 1 is 0.444 bits per heavy atom. The molecule has 3 nitrogen and oxygen atoms in total. The first-order chi connectivity index (χ1) is 22.1. The Hall–Kier alpha value is -5.38. The van der Waals surface area contributed by atoms with Crippen LogP contribution in [0.5, 0.6) is 0 Å². The average Bonchev–Trinajstić information content (AvgIpc) is 3.40. The van der Waals surface area contributed by atoms with Gasteiger partial charge in [-0.05, 0) is 69.6 Å². The van der Waals surface area contributed by atoms with Gasteiger partial charge in [0.25, 0.3) is 0 Å². The summed E-state index contributed by atoms with van der Waals surface area (Å²) in [5.41, 5.74) is 11.0. The minimum Gasteiger partial charge on any atom is -0.213 e. The summed E-state index contributed by atoms with van der Waals surface area (Å²) in [7, 11) is 0. The van der Waals surface area contributed by atoms with Crippen molar-refractivity contribution in [1.82, 2.24) is 15.0 Å². The van der Waals surface area contributed by atoms with Crippen molar-refractivity contribution in [3.63, 3.8) is 0 Å². The summed E-state index contributed by atoms with van der Waals surface area (Å²) in [5.74, 6) is 1.99. The zero-order valence-corrected chi connectivity index (χ0v) is 25.4. The number of aryl methyl sites for hydroxylation is 1. The van der Waals surface area contributed by atoms with E-state index >= 15 is 0 Å². The van der Waals surface area contributed by atoms with E-state index in [-0.39, 0.29) is 0 Å². The van der Waals surface area contributed by atoms with Crippen molar-refractivity contribution < 1.29 is 0 Å². The number of hydrogen-bond acceptors (Lipinski definition) is 3. The third-order valence-corrected chi connectivity index (χ3v) is 9.03. The standard InChI is InChI=1S/C41H28ClN3/c1-27-43-39(30-20-18-29(19-21-30)28-10-3-2-4-11-28)45-40(44-27)31-12-9-13-33(26-31)41(32-22-24-34(42)25-23-32)37-16-7-5-14-35(37)36-15-6-8-17-38(36)41/h2-26H,1H3. The molecule has 0 radical (unpaired) electrons. The number of benzene rings is 6. The van der Waals surface area contributed by atoms with Gasteiger partial charge in [0.2, 0.25) is 0 Å². The van der Waals surface area contributed by atoms with Crippen molar-refractivity contribution in [3.05, 3.63) is 185 Å². The molecule has 0 N–H and O–H groups in total. The van der Waals surface area contributed by atoms with Gasteiger partial charge in [0.1, 0.15) is 5.82 Å². The van der Waals surface area contributed by atoms with Gasteiger partial charge in [0.15, 0.2) is 11.6 Å². The summed E-state index contributed by atoms with van der Waals surface area (Å²) in [5, 5.41) is 0.715. The molecule has 6 aromatic carbocycles. The largest absolute Gasteiger partial charge is 0.213 e. The maximum Gasteiger partial charge on any atom is 0.163 e. The number of nitrogens with zero attached hydrogens (tertiary/aromatic N) is 3. The van der Waals surface area contributed by atoms with Gasteiger partial charge in [-0.15, -0.1) is 0 Å². The maximum absolute atomic E-state index is 6.41. The summed E-state index contributed by atoms with van der Waals surface area (Å²) in [6, 6.07) is 53.1. The van der Waals surface area contributed by atoms with Crippen LogP contribution in [-0.4, -0.2) is 15.0 Å². The highest BCUT2D eigenvalue weighted by atomic mass is 35.5. The zero-order chi connectivity index (χ0) is 30.4. The predicted molar refractivity (Wildman–Crippen MR) is 183 cm³/mol. The molecule has 0 amide bonds.